The van der Waals surface area contributed by atoms with E-state index in [1.165, 1.54) is 25.7 Å². The molecule has 0 amide bonds. The second-order valence-electron chi connectivity index (χ2n) is 7.49. The molecular formula is C14H20O2. The van der Waals surface area contributed by atoms with Crippen molar-refractivity contribution in [3.63, 3.8) is 0 Å². The van der Waals surface area contributed by atoms with Crippen LogP contribution in [0.3, 0.4) is 0 Å². The highest BCUT2D eigenvalue weighted by Crippen LogP contribution is 2.73. The quantitative estimate of drug-likeness (QED) is 0.650. The van der Waals surface area contributed by atoms with Gasteiger partial charge in [0, 0.05) is 0 Å². The van der Waals surface area contributed by atoms with E-state index < -0.39 is 0 Å². The van der Waals surface area contributed by atoms with Gasteiger partial charge in [0.05, 0.1) is 11.2 Å². The Kier molecular flexibility index (Phi) is 1.25. The summed E-state index contributed by atoms with van der Waals surface area (Å²) in [6.07, 6.45) is 6.94. The van der Waals surface area contributed by atoms with E-state index in [9.17, 15) is 10.2 Å². The summed E-state index contributed by atoms with van der Waals surface area (Å²) in [5.41, 5.74) is -0.723. The van der Waals surface area contributed by atoms with Crippen molar-refractivity contribution >= 4 is 0 Å². The van der Waals surface area contributed by atoms with Gasteiger partial charge in [0.15, 0.2) is 0 Å². The van der Waals surface area contributed by atoms with Crippen molar-refractivity contribution in [1.82, 2.24) is 0 Å². The van der Waals surface area contributed by atoms with Crippen molar-refractivity contribution in [3.05, 3.63) is 0 Å². The standard InChI is InChI=1S/C14H20O2/c15-13-6-8-3-10-9(13)1-7-2-11(13)12(4-8)14(10,16)5-7/h7-12,15-16H,1-6H2. The van der Waals surface area contributed by atoms with E-state index in [1.54, 1.807) is 0 Å². The molecule has 16 heavy (non-hydrogen) atoms. The average molecular weight is 220 g/mol. The molecule has 4 unspecified atom stereocenters. The topological polar surface area (TPSA) is 40.5 Å². The Morgan fingerprint density at radius 1 is 0.625 bits per heavy atom. The van der Waals surface area contributed by atoms with Crippen LogP contribution in [0.1, 0.15) is 38.5 Å². The summed E-state index contributed by atoms with van der Waals surface area (Å²) >= 11 is 0. The molecule has 0 aromatic heterocycles. The Balaban J connectivity index is 1.76. The van der Waals surface area contributed by atoms with Crippen LogP contribution in [0, 0.1) is 35.5 Å². The first-order valence-electron chi connectivity index (χ1n) is 7.06. The van der Waals surface area contributed by atoms with Crippen LogP contribution in [0.5, 0.6) is 0 Å². The fraction of sp³-hybridized carbons (Fsp3) is 1.00. The van der Waals surface area contributed by atoms with Crippen molar-refractivity contribution < 1.29 is 10.2 Å². The molecule has 7 rings (SSSR count). The Morgan fingerprint density at radius 2 is 0.938 bits per heavy atom. The lowest BCUT2D eigenvalue weighted by atomic mass is 9.32. The van der Waals surface area contributed by atoms with Gasteiger partial charge in [0.2, 0.25) is 0 Å². The van der Waals surface area contributed by atoms with E-state index in [1.807, 2.05) is 0 Å². The molecule has 0 radical (unpaired) electrons. The maximum absolute atomic E-state index is 11.0. The number of hydrogen-bond acceptors (Lipinski definition) is 2. The van der Waals surface area contributed by atoms with Crippen LogP contribution in [-0.2, 0) is 0 Å². The second-order valence-corrected chi connectivity index (χ2v) is 7.49. The molecule has 2 nitrogen and oxygen atoms in total. The average Bonchev–Trinajstić information content (AvgIpc) is 2.24. The van der Waals surface area contributed by atoms with Gasteiger partial charge in [-0.2, -0.15) is 0 Å². The highest BCUT2D eigenvalue weighted by molar-refractivity contribution is 5.24. The highest BCUT2D eigenvalue weighted by Gasteiger charge is 2.74. The van der Waals surface area contributed by atoms with Gasteiger partial charge >= 0.3 is 0 Å². The van der Waals surface area contributed by atoms with E-state index >= 15 is 0 Å². The number of rotatable bonds is 0. The summed E-state index contributed by atoms with van der Waals surface area (Å²) in [5, 5.41) is 22.0. The monoisotopic (exact) mass is 220 g/mol. The third-order valence-corrected chi connectivity index (χ3v) is 7.12. The van der Waals surface area contributed by atoms with Gasteiger partial charge in [0.1, 0.15) is 0 Å². The van der Waals surface area contributed by atoms with E-state index in [0.717, 1.165) is 24.7 Å². The molecule has 0 spiro atoms. The molecule has 0 aromatic carbocycles. The van der Waals surface area contributed by atoms with Crippen LogP contribution in [0.2, 0.25) is 0 Å². The van der Waals surface area contributed by atoms with Crippen molar-refractivity contribution in [2.75, 3.05) is 0 Å². The molecule has 2 heteroatoms. The first-order valence-corrected chi connectivity index (χ1v) is 7.06. The van der Waals surface area contributed by atoms with E-state index in [4.69, 9.17) is 0 Å². The van der Waals surface area contributed by atoms with Gasteiger partial charge in [-0.05, 0) is 74.0 Å². The van der Waals surface area contributed by atoms with Crippen LogP contribution >= 0.6 is 0 Å². The third kappa shape index (κ3) is 0.693. The maximum Gasteiger partial charge on any atom is 0.0714 e. The Labute approximate surface area is 96.0 Å². The molecule has 7 aliphatic rings. The summed E-state index contributed by atoms with van der Waals surface area (Å²) in [5.74, 6) is 3.24. The van der Waals surface area contributed by atoms with Crippen LogP contribution in [0.4, 0.5) is 0 Å². The van der Waals surface area contributed by atoms with Gasteiger partial charge in [-0.25, -0.2) is 0 Å². The first-order chi connectivity index (χ1) is 7.61. The van der Waals surface area contributed by atoms with Crippen LogP contribution in [0.25, 0.3) is 0 Å². The minimum absolute atomic E-state index is 0.361. The largest absolute Gasteiger partial charge is 0.389 e. The Bertz CT molecular complexity index is 317. The molecule has 8 bridgehead atoms. The molecule has 7 aliphatic carbocycles. The van der Waals surface area contributed by atoms with Gasteiger partial charge < -0.3 is 10.2 Å². The van der Waals surface area contributed by atoms with E-state index in [-0.39, 0.29) is 11.2 Å². The molecule has 7 saturated carbocycles. The summed E-state index contributed by atoms with van der Waals surface area (Å²) in [6, 6.07) is 0. The van der Waals surface area contributed by atoms with Gasteiger partial charge in [-0.3, -0.25) is 0 Å². The highest BCUT2D eigenvalue weighted by atomic mass is 16.3. The third-order valence-electron chi connectivity index (χ3n) is 7.12. The lowest BCUT2D eigenvalue weighted by Crippen LogP contribution is -2.77. The zero-order valence-corrected chi connectivity index (χ0v) is 9.60. The smallest absolute Gasteiger partial charge is 0.0714 e. The Hall–Kier alpha value is -0.0800. The molecule has 0 aromatic rings. The molecule has 0 saturated heterocycles. The Morgan fingerprint density at radius 3 is 1.25 bits per heavy atom. The van der Waals surface area contributed by atoms with Gasteiger partial charge in [0.25, 0.3) is 0 Å². The normalized spacial score (nSPS) is 73.9. The fourth-order valence-electron chi connectivity index (χ4n) is 6.91. The molecule has 88 valence electrons. The molecular weight excluding hydrogens is 200 g/mol. The van der Waals surface area contributed by atoms with Crippen LogP contribution in [-0.4, -0.2) is 21.4 Å². The lowest BCUT2D eigenvalue weighted by Gasteiger charge is -2.75. The molecule has 0 heterocycles. The van der Waals surface area contributed by atoms with Gasteiger partial charge in [-0.1, -0.05) is 0 Å². The van der Waals surface area contributed by atoms with E-state index in [0.29, 0.717) is 23.7 Å². The molecule has 7 fully saturated rings. The van der Waals surface area contributed by atoms with Crippen LogP contribution < -0.4 is 0 Å². The summed E-state index contributed by atoms with van der Waals surface area (Å²) in [7, 11) is 0. The molecule has 0 aliphatic heterocycles. The zero-order chi connectivity index (χ0) is 10.7. The minimum Gasteiger partial charge on any atom is -0.389 e. The SMILES string of the molecule is OC12CC3CC4C1CC1CC2C(C3)C4(O)C1. The summed E-state index contributed by atoms with van der Waals surface area (Å²) in [6.45, 7) is 0. The second kappa shape index (κ2) is 2.24. The zero-order valence-electron chi connectivity index (χ0n) is 9.60. The van der Waals surface area contributed by atoms with Crippen molar-refractivity contribution in [3.8, 4) is 0 Å². The molecule has 4 atom stereocenters. The minimum atomic E-state index is -0.361. The summed E-state index contributed by atoms with van der Waals surface area (Å²) in [4.78, 5) is 0. The predicted octanol–water partition coefficient (Wildman–Crippen LogP) is 1.55. The number of aliphatic hydroxyl groups is 2. The van der Waals surface area contributed by atoms with Crippen molar-refractivity contribution in [1.29, 1.82) is 0 Å². The van der Waals surface area contributed by atoms with Gasteiger partial charge in [-0.15, -0.1) is 0 Å². The maximum atomic E-state index is 11.0. The van der Waals surface area contributed by atoms with Crippen molar-refractivity contribution in [2.24, 2.45) is 35.5 Å². The predicted molar refractivity (Wildman–Crippen MR) is 58.5 cm³/mol. The fourth-order valence-corrected chi connectivity index (χ4v) is 6.91. The number of hydrogen-bond donors (Lipinski definition) is 2. The van der Waals surface area contributed by atoms with Crippen molar-refractivity contribution in [2.45, 2.75) is 49.7 Å². The molecule has 2 N–H and O–H groups in total. The van der Waals surface area contributed by atoms with E-state index in [2.05, 4.69) is 0 Å². The summed E-state index contributed by atoms with van der Waals surface area (Å²) < 4.78 is 0. The lowest BCUT2D eigenvalue weighted by molar-refractivity contribution is -0.341. The first kappa shape index (κ1) is 8.93. The van der Waals surface area contributed by atoms with Crippen LogP contribution in [0.15, 0.2) is 0 Å².